The van der Waals surface area contributed by atoms with Gasteiger partial charge in [-0.3, -0.25) is 14.7 Å². The molecule has 0 radical (unpaired) electrons. The second-order valence-electron chi connectivity index (χ2n) is 5.98. The van der Waals surface area contributed by atoms with Crippen molar-refractivity contribution in [1.29, 1.82) is 0 Å². The summed E-state index contributed by atoms with van der Waals surface area (Å²) in [7, 11) is 1.69. The number of aromatic nitrogens is 5. The van der Waals surface area contributed by atoms with Gasteiger partial charge >= 0.3 is 0 Å². The van der Waals surface area contributed by atoms with E-state index in [1.54, 1.807) is 11.9 Å². The molecule has 3 heterocycles. The Balaban J connectivity index is 1.51. The number of carbonyl (C=O) groups excluding carboxylic acids is 1. The van der Waals surface area contributed by atoms with Crippen molar-refractivity contribution in [2.45, 2.75) is 0 Å². The summed E-state index contributed by atoms with van der Waals surface area (Å²) < 4.78 is 1.47. The number of hydrogen-bond donors (Lipinski definition) is 1. The van der Waals surface area contributed by atoms with Gasteiger partial charge in [-0.2, -0.15) is 5.10 Å². The minimum atomic E-state index is -0.138. The van der Waals surface area contributed by atoms with Crippen molar-refractivity contribution in [2.24, 2.45) is 7.05 Å². The van der Waals surface area contributed by atoms with E-state index in [-0.39, 0.29) is 17.3 Å². The molecule has 1 aliphatic heterocycles. The Kier molecular flexibility index (Phi) is 3.68. The fourth-order valence-electron chi connectivity index (χ4n) is 3.02. The first-order valence-electron chi connectivity index (χ1n) is 7.98. The SMILES string of the molecule is Cn1cnc2cc(N3CCN(C(=O)c4ncn[nH]4)CC3)ccc2c1=O. The Morgan fingerprint density at radius 1 is 1.16 bits per heavy atom. The number of piperazine rings is 1. The molecule has 1 saturated heterocycles. The highest BCUT2D eigenvalue weighted by Crippen LogP contribution is 2.20. The van der Waals surface area contributed by atoms with Crippen molar-refractivity contribution < 1.29 is 4.79 Å². The van der Waals surface area contributed by atoms with Gasteiger partial charge in [0.05, 0.1) is 17.2 Å². The zero-order valence-corrected chi connectivity index (χ0v) is 13.7. The number of aromatic amines is 1. The van der Waals surface area contributed by atoms with Gasteiger partial charge in [0.1, 0.15) is 6.33 Å². The van der Waals surface area contributed by atoms with Crippen LogP contribution in [0.15, 0.2) is 35.6 Å². The third kappa shape index (κ3) is 2.73. The lowest BCUT2D eigenvalue weighted by molar-refractivity contribution is 0.0735. The first-order valence-corrected chi connectivity index (χ1v) is 7.98. The van der Waals surface area contributed by atoms with Gasteiger partial charge in [0.15, 0.2) is 0 Å². The summed E-state index contributed by atoms with van der Waals surface area (Å²) >= 11 is 0. The highest BCUT2D eigenvalue weighted by Gasteiger charge is 2.24. The number of aryl methyl sites for hydroxylation is 1. The van der Waals surface area contributed by atoms with Crippen LogP contribution in [0.1, 0.15) is 10.6 Å². The summed E-state index contributed by atoms with van der Waals surface area (Å²) in [6.07, 6.45) is 2.86. The molecule has 1 aromatic carbocycles. The first kappa shape index (κ1) is 15.3. The predicted octanol–water partition coefficient (Wildman–Crippen LogP) is 0.0140. The maximum absolute atomic E-state index is 12.3. The molecule has 1 aliphatic rings. The van der Waals surface area contributed by atoms with E-state index in [4.69, 9.17) is 0 Å². The summed E-state index contributed by atoms with van der Waals surface area (Å²) in [5.74, 6) is 0.125. The molecule has 1 N–H and O–H groups in total. The van der Waals surface area contributed by atoms with Gasteiger partial charge in [-0.1, -0.05) is 0 Å². The number of anilines is 1. The van der Waals surface area contributed by atoms with E-state index in [2.05, 4.69) is 25.1 Å². The minimum absolute atomic E-state index is 0.0565. The van der Waals surface area contributed by atoms with Crippen molar-refractivity contribution in [3.05, 3.63) is 47.0 Å². The van der Waals surface area contributed by atoms with Crippen LogP contribution < -0.4 is 10.5 Å². The van der Waals surface area contributed by atoms with Crippen LogP contribution in [-0.4, -0.2) is 61.7 Å². The number of fused-ring (bicyclic) bond motifs is 1. The van der Waals surface area contributed by atoms with Crippen LogP contribution in [0.4, 0.5) is 5.69 Å². The molecule has 4 rings (SSSR count). The summed E-state index contributed by atoms with van der Waals surface area (Å²) in [4.78, 5) is 36.5. The number of rotatable bonds is 2. The molecule has 0 atom stereocenters. The normalized spacial score (nSPS) is 14.9. The zero-order valence-electron chi connectivity index (χ0n) is 13.7. The number of amides is 1. The number of benzene rings is 1. The maximum Gasteiger partial charge on any atom is 0.291 e. The predicted molar refractivity (Wildman–Crippen MR) is 91.5 cm³/mol. The van der Waals surface area contributed by atoms with Gasteiger partial charge in [0.2, 0.25) is 5.82 Å². The minimum Gasteiger partial charge on any atom is -0.368 e. The van der Waals surface area contributed by atoms with Crippen molar-refractivity contribution in [3.63, 3.8) is 0 Å². The van der Waals surface area contributed by atoms with Crippen molar-refractivity contribution in [3.8, 4) is 0 Å². The highest BCUT2D eigenvalue weighted by atomic mass is 16.2. The van der Waals surface area contributed by atoms with Gasteiger partial charge in [0, 0.05) is 38.9 Å². The third-order valence-electron chi connectivity index (χ3n) is 4.45. The fourth-order valence-corrected chi connectivity index (χ4v) is 3.02. The Morgan fingerprint density at radius 3 is 2.68 bits per heavy atom. The smallest absolute Gasteiger partial charge is 0.291 e. The lowest BCUT2D eigenvalue weighted by atomic mass is 10.2. The largest absolute Gasteiger partial charge is 0.368 e. The Hall–Kier alpha value is -3.23. The number of hydrogen-bond acceptors (Lipinski definition) is 6. The monoisotopic (exact) mass is 339 g/mol. The number of nitrogens with one attached hydrogen (secondary N) is 1. The molecule has 0 bridgehead atoms. The van der Waals surface area contributed by atoms with E-state index >= 15 is 0 Å². The molecule has 128 valence electrons. The summed E-state index contributed by atoms with van der Waals surface area (Å²) in [6, 6.07) is 5.66. The third-order valence-corrected chi connectivity index (χ3v) is 4.45. The summed E-state index contributed by atoms with van der Waals surface area (Å²) in [5, 5.41) is 6.92. The van der Waals surface area contributed by atoms with Gasteiger partial charge in [-0.25, -0.2) is 9.97 Å². The molecule has 3 aromatic rings. The van der Waals surface area contributed by atoms with Gasteiger partial charge in [-0.05, 0) is 18.2 Å². The molecular formula is C16H17N7O2. The zero-order chi connectivity index (χ0) is 17.4. The van der Waals surface area contributed by atoms with Crippen LogP contribution in [0.3, 0.4) is 0 Å². The number of nitrogens with zero attached hydrogens (tertiary/aromatic N) is 6. The highest BCUT2D eigenvalue weighted by molar-refractivity contribution is 5.90. The van der Waals surface area contributed by atoms with E-state index in [0.29, 0.717) is 37.1 Å². The molecule has 1 amide bonds. The molecule has 0 spiro atoms. The van der Waals surface area contributed by atoms with E-state index in [1.165, 1.54) is 17.2 Å². The van der Waals surface area contributed by atoms with Gasteiger partial charge in [0.25, 0.3) is 11.5 Å². The second-order valence-corrected chi connectivity index (χ2v) is 5.98. The molecule has 9 heteroatoms. The van der Waals surface area contributed by atoms with Crippen LogP contribution in [0.5, 0.6) is 0 Å². The van der Waals surface area contributed by atoms with Crippen LogP contribution in [0.2, 0.25) is 0 Å². The molecule has 25 heavy (non-hydrogen) atoms. The first-order chi connectivity index (χ1) is 12.1. The van der Waals surface area contributed by atoms with E-state index in [0.717, 1.165) is 5.69 Å². The van der Waals surface area contributed by atoms with Crippen molar-refractivity contribution >= 4 is 22.5 Å². The van der Waals surface area contributed by atoms with Crippen molar-refractivity contribution in [2.75, 3.05) is 31.1 Å². The van der Waals surface area contributed by atoms with Gasteiger partial charge in [-0.15, -0.1) is 0 Å². The molecule has 2 aromatic heterocycles. The maximum atomic E-state index is 12.3. The molecule has 0 unspecified atom stereocenters. The van der Waals surface area contributed by atoms with Crippen molar-refractivity contribution in [1.82, 2.24) is 29.6 Å². The average molecular weight is 339 g/mol. The summed E-state index contributed by atoms with van der Waals surface area (Å²) in [6.45, 7) is 2.61. The lowest BCUT2D eigenvalue weighted by Crippen LogP contribution is -2.49. The Labute approximate surface area is 142 Å². The quantitative estimate of drug-likeness (QED) is 0.706. The van der Waals surface area contributed by atoms with E-state index in [9.17, 15) is 9.59 Å². The molecule has 0 aliphatic carbocycles. The van der Waals surface area contributed by atoms with Crippen LogP contribution in [0.25, 0.3) is 10.9 Å². The number of H-pyrrole nitrogens is 1. The van der Waals surface area contributed by atoms with Crippen LogP contribution >= 0.6 is 0 Å². The average Bonchev–Trinajstić information content (AvgIpc) is 3.19. The molecule has 0 saturated carbocycles. The Morgan fingerprint density at radius 2 is 1.96 bits per heavy atom. The molecule has 9 nitrogen and oxygen atoms in total. The lowest BCUT2D eigenvalue weighted by Gasteiger charge is -2.35. The van der Waals surface area contributed by atoms with Crippen LogP contribution in [-0.2, 0) is 7.05 Å². The number of carbonyl (C=O) groups is 1. The Bertz CT molecular complexity index is 972. The topological polar surface area (TPSA) is 100 Å². The van der Waals surface area contributed by atoms with E-state index < -0.39 is 0 Å². The standard InChI is InChI=1S/C16H17N7O2/c1-21-10-18-13-8-11(2-3-12(13)15(21)24)22-4-6-23(7-5-22)16(25)14-17-9-19-20-14/h2-3,8-10H,4-7H2,1H3,(H,17,19,20). The molecule has 1 fully saturated rings. The van der Waals surface area contributed by atoms with Gasteiger partial charge < -0.3 is 14.4 Å². The van der Waals surface area contributed by atoms with E-state index in [1.807, 2.05) is 18.2 Å². The molecular weight excluding hydrogens is 322 g/mol. The summed E-state index contributed by atoms with van der Waals surface area (Å²) in [5.41, 5.74) is 1.62. The fraction of sp³-hybridized carbons (Fsp3) is 0.312. The second kappa shape index (κ2) is 6.00. The van der Waals surface area contributed by atoms with Crippen LogP contribution in [0, 0.1) is 0 Å².